The van der Waals surface area contributed by atoms with Gasteiger partial charge in [-0.1, -0.05) is 6.07 Å². The van der Waals surface area contributed by atoms with Crippen LogP contribution in [0, 0.1) is 13.8 Å². The number of aryl methyl sites for hydroxylation is 2. The Balaban J connectivity index is 1.87. The number of thiophene rings is 1. The molecule has 23 heavy (non-hydrogen) atoms. The van der Waals surface area contributed by atoms with Crippen molar-refractivity contribution in [2.24, 2.45) is 0 Å². The number of rotatable bonds is 4. The summed E-state index contributed by atoms with van der Waals surface area (Å²) in [5.41, 5.74) is 2.69. The maximum atomic E-state index is 12.5. The molecule has 1 aromatic carbocycles. The lowest BCUT2D eigenvalue weighted by atomic mass is 10.1. The van der Waals surface area contributed by atoms with Crippen LogP contribution in [-0.4, -0.2) is 21.5 Å². The van der Waals surface area contributed by atoms with Crippen LogP contribution in [0.15, 0.2) is 34.5 Å². The van der Waals surface area contributed by atoms with Gasteiger partial charge in [0.05, 0.1) is 5.69 Å². The Morgan fingerprint density at radius 2 is 1.78 bits per heavy atom. The summed E-state index contributed by atoms with van der Waals surface area (Å²) in [6.07, 6.45) is 3.67. The fourth-order valence-electron chi connectivity index (χ4n) is 2.82. The van der Waals surface area contributed by atoms with Gasteiger partial charge in [0.25, 0.3) is 10.0 Å². The lowest BCUT2D eigenvalue weighted by Crippen LogP contribution is -2.29. The monoisotopic (exact) mass is 350 g/mol. The summed E-state index contributed by atoms with van der Waals surface area (Å²) in [5.74, 6) is 0. The second kappa shape index (κ2) is 6.53. The zero-order chi connectivity index (χ0) is 16.4. The third-order valence-electron chi connectivity index (χ3n) is 4.17. The minimum atomic E-state index is -3.51. The Morgan fingerprint density at radius 1 is 1.04 bits per heavy atom. The number of nitrogens with one attached hydrogen (secondary N) is 1. The van der Waals surface area contributed by atoms with Crippen molar-refractivity contribution in [2.75, 3.05) is 22.7 Å². The molecule has 2 aromatic rings. The van der Waals surface area contributed by atoms with Crippen molar-refractivity contribution in [3.63, 3.8) is 0 Å². The summed E-state index contributed by atoms with van der Waals surface area (Å²) in [6, 6.07) is 9.51. The lowest BCUT2D eigenvalue weighted by molar-refractivity contribution is 0.578. The van der Waals surface area contributed by atoms with E-state index in [1.54, 1.807) is 6.07 Å². The smallest absolute Gasteiger partial charge is 0.271 e. The van der Waals surface area contributed by atoms with Crippen LogP contribution >= 0.6 is 11.3 Å². The summed E-state index contributed by atoms with van der Waals surface area (Å²) >= 11 is 1.29. The largest absolute Gasteiger partial charge is 0.371 e. The third-order valence-corrected chi connectivity index (χ3v) is 7.03. The van der Waals surface area contributed by atoms with E-state index < -0.39 is 10.0 Å². The summed E-state index contributed by atoms with van der Waals surface area (Å²) in [4.78, 5) is 3.32. The van der Waals surface area contributed by atoms with Gasteiger partial charge in [0.1, 0.15) is 4.21 Å². The minimum absolute atomic E-state index is 0.359. The van der Waals surface area contributed by atoms with Gasteiger partial charge in [-0.25, -0.2) is 8.42 Å². The van der Waals surface area contributed by atoms with Gasteiger partial charge in [0, 0.05) is 23.7 Å². The molecule has 0 aliphatic carbocycles. The second-order valence-electron chi connectivity index (χ2n) is 6.02. The van der Waals surface area contributed by atoms with E-state index in [2.05, 4.69) is 15.7 Å². The number of hydrogen-bond donors (Lipinski definition) is 1. The third kappa shape index (κ3) is 3.70. The Labute approximate surface area is 142 Å². The van der Waals surface area contributed by atoms with Crippen LogP contribution in [0.1, 0.15) is 29.7 Å². The predicted octanol–water partition coefficient (Wildman–Crippen LogP) is 4.16. The van der Waals surface area contributed by atoms with E-state index >= 15 is 0 Å². The van der Waals surface area contributed by atoms with Gasteiger partial charge in [-0.15, -0.1) is 11.3 Å². The van der Waals surface area contributed by atoms with Crippen molar-refractivity contribution < 1.29 is 8.42 Å². The van der Waals surface area contributed by atoms with E-state index in [-0.39, 0.29) is 0 Å². The fourth-order valence-corrected chi connectivity index (χ4v) is 5.23. The number of anilines is 2. The second-order valence-corrected chi connectivity index (χ2v) is 9.21. The summed E-state index contributed by atoms with van der Waals surface area (Å²) < 4.78 is 28.2. The molecule has 1 aliphatic heterocycles. The summed E-state index contributed by atoms with van der Waals surface area (Å²) in [7, 11) is -3.51. The van der Waals surface area contributed by atoms with Gasteiger partial charge in [0.15, 0.2) is 0 Å². The van der Waals surface area contributed by atoms with Crippen LogP contribution in [0.25, 0.3) is 0 Å². The van der Waals surface area contributed by atoms with Crippen LogP contribution in [0.4, 0.5) is 11.4 Å². The molecule has 1 N–H and O–H groups in total. The summed E-state index contributed by atoms with van der Waals surface area (Å²) in [5, 5.41) is 0. The SMILES string of the molecule is Cc1ccc(S(=O)(=O)Nc2cc(N3CCCCC3)ccc2C)s1. The number of hydrogen-bond acceptors (Lipinski definition) is 4. The Bertz CT molecular complexity index is 791. The van der Waals surface area contributed by atoms with E-state index in [0.29, 0.717) is 9.90 Å². The first-order valence-corrected chi connectivity index (χ1v) is 10.2. The Hall–Kier alpha value is -1.53. The highest BCUT2D eigenvalue weighted by Gasteiger charge is 2.18. The molecule has 0 amide bonds. The fraction of sp³-hybridized carbons (Fsp3) is 0.412. The molecule has 3 rings (SSSR count). The van der Waals surface area contributed by atoms with Crippen molar-refractivity contribution in [1.82, 2.24) is 0 Å². The maximum absolute atomic E-state index is 12.5. The highest BCUT2D eigenvalue weighted by Crippen LogP contribution is 2.29. The molecule has 124 valence electrons. The molecule has 1 fully saturated rings. The van der Waals surface area contributed by atoms with Crippen molar-refractivity contribution in [3.05, 3.63) is 40.8 Å². The number of nitrogens with zero attached hydrogens (tertiary/aromatic N) is 1. The zero-order valence-electron chi connectivity index (χ0n) is 13.5. The van der Waals surface area contributed by atoms with Gasteiger partial charge in [-0.2, -0.15) is 0 Å². The van der Waals surface area contributed by atoms with Gasteiger partial charge in [-0.3, -0.25) is 4.72 Å². The van der Waals surface area contributed by atoms with Crippen molar-refractivity contribution in [3.8, 4) is 0 Å². The van der Waals surface area contributed by atoms with Crippen LogP contribution in [-0.2, 0) is 10.0 Å². The molecule has 4 nitrogen and oxygen atoms in total. The van der Waals surface area contributed by atoms with E-state index in [0.717, 1.165) is 29.2 Å². The molecular formula is C17H22N2O2S2. The van der Waals surface area contributed by atoms with Gasteiger partial charge in [0.2, 0.25) is 0 Å². The van der Waals surface area contributed by atoms with Crippen LogP contribution in [0.3, 0.4) is 0 Å². The Kier molecular flexibility index (Phi) is 4.64. The molecule has 0 unspecified atom stereocenters. The predicted molar refractivity (Wildman–Crippen MR) is 97.1 cm³/mol. The molecule has 0 spiro atoms. The lowest BCUT2D eigenvalue weighted by Gasteiger charge is -2.29. The quantitative estimate of drug-likeness (QED) is 0.901. The van der Waals surface area contributed by atoms with Crippen LogP contribution in [0.5, 0.6) is 0 Å². The first-order chi connectivity index (χ1) is 11.0. The van der Waals surface area contributed by atoms with E-state index in [4.69, 9.17) is 0 Å². The topological polar surface area (TPSA) is 49.4 Å². The van der Waals surface area contributed by atoms with E-state index in [1.165, 1.54) is 30.6 Å². The molecule has 0 bridgehead atoms. The molecule has 1 saturated heterocycles. The Morgan fingerprint density at radius 3 is 2.43 bits per heavy atom. The molecule has 2 heterocycles. The molecule has 0 radical (unpaired) electrons. The zero-order valence-corrected chi connectivity index (χ0v) is 15.1. The average Bonchev–Trinajstić information content (AvgIpc) is 2.98. The molecule has 1 aliphatic rings. The van der Waals surface area contributed by atoms with Gasteiger partial charge < -0.3 is 4.90 Å². The first-order valence-electron chi connectivity index (χ1n) is 7.90. The summed E-state index contributed by atoms with van der Waals surface area (Å²) in [6.45, 7) is 5.92. The van der Waals surface area contributed by atoms with Gasteiger partial charge >= 0.3 is 0 Å². The normalized spacial score (nSPS) is 15.7. The maximum Gasteiger partial charge on any atom is 0.271 e. The number of sulfonamides is 1. The molecule has 6 heteroatoms. The average molecular weight is 351 g/mol. The van der Waals surface area contributed by atoms with Crippen molar-refractivity contribution in [2.45, 2.75) is 37.3 Å². The standard InChI is InChI=1S/C17H22N2O2S2/c1-13-6-8-15(19-10-4-3-5-11-19)12-16(13)18-23(20,21)17-9-7-14(2)22-17/h6-9,12,18H,3-5,10-11H2,1-2H3. The molecule has 0 atom stereocenters. The van der Waals surface area contributed by atoms with E-state index in [1.807, 2.05) is 32.0 Å². The molecule has 1 aromatic heterocycles. The molecular weight excluding hydrogens is 328 g/mol. The van der Waals surface area contributed by atoms with Crippen LogP contribution in [0.2, 0.25) is 0 Å². The van der Waals surface area contributed by atoms with Crippen LogP contribution < -0.4 is 9.62 Å². The minimum Gasteiger partial charge on any atom is -0.371 e. The van der Waals surface area contributed by atoms with Crippen molar-refractivity contribution >= 4 is 32.7 Å². The first kappa shape index (κ1) is 16.3. The van der Waals surface area contributed by atoms with Gasteiger partial charge in [-0.05, 0) is 62.9 Å². The van der Waals surface area contributed by atoms with E-state index in [9.17, 15) is 8.42 Å². The van der Waals surface area contributed by atoms with Crippen molar-refractivity contribution in [1.29, 1.82) is 0 Å². The number of piperidine rings is 1. The highest BCUT2D eigenvalue weighted by molar-refractivity contribution is 7.94. The molecule has 0 saturated carbocycles. The highest BCUT2D eigenvalue weighted by atomic mass is 32.2. The number of benzene rings is 1.